The van der Waals surface area contributed by atoms with Crippen LogP contribution in [0.4, 0.5) is 0 Å². The van der Waals surface area contributed by atoms with E-state index in [1.54, 1.807) is 19.1 Å². The van der Waals surface area contributed by atoms with Crippen molar-refractivity contribution in [2.24, 2.45) is 5.92 Å². The molecule has 2 saturated heterocycles. The van der Waals surface area contributed by atoms with Crippen LogP contribution in [0.2, 0.25) is 0 Å². The molecule has 0 unspecified atom stereocenters. The molecule has 0 aliphatic carbocycles. The van der Waals surface area contributed by atoms with Crippen molar-refractivity contribution >= 4 is 26.0 Å². The van der Waals surface area contributed by atoms with Gasteiger partial charge in [-0.3, -0.25) is 4.79 Å². The monoisotopic (exact) mass is 489 g/mol. The Bertz CT molecular complexity index is 975. The van der Waals surface area contributed by atoms with Gasteiger partial charge in [0.2, 0.25) is 26.0 Å². The minimum Gasteiger partial charge on any atom is -0.492 e. The zero-order valence-corrected chi connectivity index (χ0v) is 19.9. The average molecular weight is 490 g/mol. The van der Waals surface area contributed by atoms with E-state index in [-0.39, 0.29) is 42.2 Å². The standard InChI is InChI=1S/C20H31N3O7S2/c1-2-31(25,26)23-10-3-4-17(16-23)20(24)21-9-13-30-18-5-7-19(8-6-18)32(27,28)22-11-14-29-15-12-22/h5-8,17H,2-4,9-16H2,1H3,(H,21,24)/t17-/m0/s1. The molecule has 32 heavy (non-hydrogen) atoms. The van der Waals surface area contributed by atoms with Gasteiger partial charge < -0.3 is 14.8 Å². The van der Waals surface area contributed by atoms with Gasteiger partial charge in [-0.25, -0.2) is 21.1 Å². The Morgan fingerprint density at radius 1 is 1.09 bits per heavy atom. The van der Waals surface area contributed by atoms with Crippen LogP contribution in [0, 0.1) is 5.92 Å². The van der Waals surface area contributed by atoms with Crippen LogP contribution in [0.15, 0.2) is 29.2 Å². The third-order valence-electron chi connectivity index (χ3n) is 5.61. The Morgan fingerprint density at radius 2 is 1.78 bits per heavy atom. The number of benzene rings is 1. The molecule has 1 atom stereocenters. The van der Waals surface area contributed by atoms with Crippen LogP contribution in [0.25, 0.3) is 0 Å². The van der Waals surface area contributed by atoms with Gasteiger partial charge in [-0.05, 0) is 44.0 Å². The van der Waals surface area contributed by atoms with E-state index in [4.69, 9.17) is 9.47 Å². The van der Waals surface area contributed by atoms with Crippen molar-refractivity contribution in [2.75, 3.05) is 58.3 Å². The first-order valence-corrected chi connectivity index (χ1v) is 13.9. The van der Waals surface area contributed by atoms with E-state index < -0.39 is 20.0 Å². The van der Waals surface area contributed by atoms with Crippen LogP contribution in [0.3, 0.4) is 0 Å². The van der Waals surface area contributed by atoms with Gasteiger partial charge in [0.1, 0.15) is 12.4 Å². The summed E-state index contributed by atoms with van der Waals surface area (Å²) in [4.78, 5) is 12.6. The molecule has 1 amide bonds. The smallest absolute Gasteiger partial charge is 0.243 e. The van der Waals surface area contributed by atoms with Crippen LogP contribution in [-0.2, 0) is 29.6 Å². The highest BCUT2D eigenvalue weighted by Crippen LogP contribution is 2.21. The zero-order chi connectivity index (χ0) is 23.2. The van der Waals surface area contributed by atoms with E-state index in [1.165, 1.54) is 20.7 Å². The highest BCUT2D eigenvalue weighted by Gasteiger charge is 2.31. The van der Waals surface area contributed by atoms with E-state index in [2.05, 4.69) is 5.32 Å². The highest BCUT2D eigenvalue weighted by atomic mass is 32.2. The first-order valence-electron chi connectivity index (χ1n) is 10.8. The number of nitrogens with zero attached hydrogens (tertiary/aromatic N) is 2. The molecule has 2 aliphatic heterocycles. The van der Waals surface area contributed by atoms with E-state index >= 15 is 0 Å². The van der Waals surface area contributed by atoms with Crippen LogP contribution >= 0.6 is 0 Å². The minimum absolute atomic E-state index is 0.0295. The van der Waals surface area contributed by atoms with Crippen molar-refractivity contribution in [1.82, 2.24) is 13.9 Å². The summed E-state index contributed by atoms with van der Waals surface area (Å²) in [6.07, 6.45) is 1.31. The summed E-state index contributed by atoms with van der Waals surface area (Å²) in [5.74, 6) is -0.0220. The molecular weight excluding hydrogens is 458 g/mol. The van der Waals surface area contributed by atoms with Gasteiger partial charge in [0.15, 0.2) is 0 Å². The number of piperidine rings is 1. The van der Waals surface area contributed by atoms with Gasteiger partial charge in [-0.15, -0.1) is 0 Å². The lowest BCUT2D eigenvalue weighted by molar-refractivity contribution is -0.126. The first-order chi connectivity index (χ1) is 15.2. The first kappa shape index (κ1) is 24.9. The van der Waals surface area contributed by atoms with Gasteiger partial charge >= 0.3 is 0 Å². The Balaban J connectivity index is 1.44. The number of morpholine rings is 1. The molecule has 0 aromatic heterocycles. The molecule has 0 saturated carbocycles. The Hall–Kier alpha value is -1.73. The average Bonchev–Trinajstić information content (AvgIpc) is 2.82. The molecule has 2 fully saturated rings. The van der Waals surface area contributed by atoms with Gasteiger partial charge in [-0.2, -0.15) is 4.31 Å². The zero-order valence-electron chi connectivity index (χ0n) is 18.2. The lowest BCUT2D eigenvalue weighted by Crippen LogP contribution is -2.46. The molecule has 12 heteroatoms. The predicted octanol–water partition coefficient (Wildman–Crippen LogP) is 0.264. The summed E-state index contributed by atoms with van der Waals surface area (Å²) in [5, 5.41) is 2.79. The fourth-order valence-electron chi connectivity index (χ4n) is 3.72. The Labute approximate surface area is 190 Å². The predicted molar refractivity (Wildman–Crippen MR) is 118 cm³/mol. The fraction of sp³-hybridized carbons (Fsp3) is 0.650. The highest BCUT2D eigenvalue weighted by molar-refractivity contribution is 7.89. The van der Waals surface area contributed by atoms with Crippen molar-refractivity contribution in [1.29, 1.82) is 0 Å². The number of hydrogen-bond donors (Lipinski definition) is 1. The van der Waals surface area contributed by atoms with Crippen molar-refractivity contribution < 1.29 is 31.1 Å². The summed E-state index contributed by atoms with van der Waals surface area (Å²) in [5.41, 5.74) is 0. The largest absolute Gasteiger partial charge is 0.492 e. The SMILES string of the molecule is CCS(=O)(=O)N1CCC[C@H](C(=O)NCCOc2ccc(S(=O)(=O)N3CCOCC3)cc2)C1. The summed E-state index contributed by atoms with van der Waals surface area (Å²) in [7, 11) is -6.84. The number of amides is 1. The third kappa shape index (κ3) is 6.19. The van der Waals surface area contributed by atoms with Gasteiger partial charge in [0, 0.05) is 26.2 Å². The topological polar surface area (TPSA) is 122 Å². The lowest BCUT2D eigenvalue weighted by Gasteiger charge is -2.30. The lowest BCUT2D eigenvalue weighted by atomic mass is 9.99. The van der Waals surface area contributed by atoms with Crippen LogP contribution in [0.1, 0.15) is 19.8 Å². The van der Waals surface area contributed by atoms with Crippen LogP contribution in [-0.4, -0.2) is 89.7 Å². The molecule has 2 aliphatic rings. The summed E-state index contributed by atoms with van der Waals surface area (Å²) >= 11 is 0. The molecule has 0 bridgehead atoms. The number of hydrogen-bond acceptors (Lipinski definition) is 7. The third-order valence-corrected chi connectivity index (χ3v) is 9.38. The molecule has 180 valence electrons. The minimum atomic E-state index is -3.55. The van der Waals surface area contributed by atoms with Crippen molar-refractivity contribution in [3.05, 3.63) is 24.3 Å². The van der Waals surface area contributed by atoms with Crippen LogP contribution < -0.4 is 10.1 Å². The number of carbonyl (C=O) groups excluding carboxylic acids is 1. The number of ether oxygens (including phenoxy) is 2. The molecule has 10 nitrogen and oxygen atoms in total. The molecule has 3 rings (SSSR count). The summed E-state index contributed by atoms with van der Waals surface area (Å²) in [6.45, 7) is 4.20. The Morgan fingerprint density at radius 3 is 2.44 bits per heavy atom. The molecule has 2 heterocycles. The summed E-state index contributed by atoms with van der Waals surface area (Å²) < 4.78 is 62.9. The maximum absolute atomic E-state index is 12.6. The van der Waals surface area contributed by atoms with Gasteiger partial charge in [0.05, 0.1) is 36.3 Å². The van der Waals surface area contributed by atoms with E-state index in [9.17, 15) is 21.6 Å². The van der Waals surface area contributed by atoms with Crippen molar-refractivity contribution in [2.45, 2.75) is 24.7 Å². The second-order valence-corrected chi connectivity index (χ2v) is 11.9. The number of nitrogens with one attached hydrogen (secondary N) is 1. The van der Waals surface area contributed by atoms with Gasteiger partial charge in [0.25, 0.3) is 0 Å². The fourth-order valence-corrected chi connectivity index (χ4v) is 6.31. The van der Waals surface area contributed by atoms with Crippen LogP contribution in [0.5, 0.6) is 5.75 Å². The molecule has 1 aromatic carbocycles. The maximum atomic E-state index is 12.6. The second-order valence-electron chi connectivity index (χ2n) is 7.73. The molecule has 0 radical (unpaired) electrons. The number of carbonyl (C=O) groups is 1. The second kappa shape index (κ2) is 10.9. The maximum Gasteiger partial charge on any atom is 0.243 e. The molecular formula is C20H31N3O7S2. The Kier molecular flexibility index (Phi) is 8.50. The molecule has 1 aromatic rings. The number of rotatable bonds is 9. The van der Waals surface area contributed by atoms with E-state index in [0.29, 0.717) is 51.4 Å². The van der Waals surface area contributed by atoms with Crippen molar-refractivity contribution in [3.63, 3.8) is 0 Å². The normalized spacial score (nSPS) is 21.2. The summed E-state index contributed by atoms with van der Waals surface area (Å²) in [6, 6.07) is 6.18. The van der Waals surface area contributed by atoms with E-state index in [0.717, 1.165) is 0 Å². The van der Waals surface area contributed by atoms with Gasteiger partial charge in [-0.1, -0.05) is 0 Å². The number of sulfonamides is 2. The quantitative estimate of drug-likeness (QED) is 0.494. The van der Waals surface area contributed by atoms with Crippen molar-refractivity contribution in [3.8, 4) is 5.75 Å². The molecule has 1 N–H and O–H groups in total. The molecule has 0 spiro atoms. The van der Waals surface area contributed by atoms with E-state index in [1.807, 2.05) is 0 Å².